The number of rotatable bonds is 4. The summed E-state index contributed by atoms with van der Waals surface area (Å²) in [6.45, 7) is 17.2. The highest BCUT2D eigenvalue weighted by Crippen LogP contribution is 2.61. The molecule has 0 amide bonds. The van der Waals surface area contributed by atoms with Crippen LogP contribution in [0.25, 0.3) is 44.8 Å². The van der Waals surface area contributed by atoms with Gasteiger partial charge in [-0.1, -0.05) is 132 Å². The van der Waals surface area contributed by atoms with E-state index in [4.69, 9.17) is 4.42 Å². The predicted molar refractivity (Wildman–Crippen MR) is 271 cm³/mol. The van der Waals surface area contributed by atoms with Gasteiger partial charge in [-0.25, -0.2) is 4.48 Å². The molecule has 1 aromatic heterocycles. The van der Waals surface area contributed by atoms with Gasteiger partial charge < -0.3 is 14.2 Å². The monoisotopic (exact) mass is 846 g/mol. The Hall–Kier alpha value is -6.33. The normalized spacial score (nSPS) is 21.7. The van der Waals surface area contributed by atoms with Crippen LogP contribution in [0.2, 0.25) is 0 Å². The Kier molecular flexibility index (Phi) is 8.04. The van der Waals surface area contributed by atoms with Crippen molar-refractivity contribution in [2.75, 3.05) is 9.80 Å². The molecule has 0 saturated heterocycles. The largest absolute Gasteiger partial charge is 0.567 e. The lowest BCUT2D eigenvalue weighted by atomic mass is 9.45. The molecule has 0 bridgehead atoms. The fraction of sp³-hybridized carbons (Fsp3) is 0.283. The van der Waals surface area contributed by atoms with Crippen molar-refractivity contribution in [3.8, 4) is 33.7 Å². The Balaban J connectivity index is 1.16. The molecule has 7 aromatic carbocycles. The molecule has 0 spiro atoms. The smallest absolute Gasteiger partial charge is 0.399 e. The van der Waals surface area contributed by atoms with Crippen LogP contribution in [0.4, 0.5) is 28.4 Å². The first kappa shape index (κ1) is 39.1. The highest BCUT2D eigenvalue weighted by molar-refractivity contribution is 6.84. The summed E-state index contributed by atoms with van der Waals surface area (Å²) in [5.41, 5.74) is 22.9. The Morgan fingerprint density at radius 2 is 1.23 bits per heavy atom. The van der Waals surface area contributed by atoms with E-state index in [0.29, 0.717) is 0 Å². The van der Waals surface area contributed by atoms with Crippen LogP contribution in [-0.4, -0.2) is 12.4 Å². The van der Waals surface area contributed by atoms with Crippen molar-refractivity contribution in [2.24, 2.45) is 0 Å². The van der Waals surface area contributed by atoms with Gasteiger partial charge in [-0.3, -0.25) is 0 Å². The van der Waals surface area contributed by atoms with Crippen LogP contribution >= 0.6 is 0 Å². The zero-order valence-corrected chi connectivity index (χ0v) is 38.9. The van der Waals surface area contributed by atoms with E-state index in [1.807, 2.05) is 0 Å². The summed E-state index contributed by atoms with van der Waals surface area (Å²) in [6, 6.07) is 55.3. The average molecular weight is 847 g/mol. The number of hydrogen-bond donors (Lipinski definition) is 0. The SMILES string of the molecule is Cc1cc2c(cc1N1c3cc(N4c5ccccc5C5(C)CCCCC45C)ccc3B3c4c(cc(-c5ccccc5)cc41)-c1cccc4oc(-c5ccccc5)[n+]3c14)C(C)(C)CCC2(C)C. The molecule has 2 unspecified atom stereocenters. The molecular weight excluding hydrogens is 789 g/mol. The summed E-state index contributed by atoms with van der Waals surface area (Å²) in [4.78, 5) is 5.44. The first-order valence-electron chi connectivity index (χ1n) is 24.1. The molecule has 4 nitrogen and oxygen atoms in total. The van der Waals surface area contributed by atoms with Gasteiger partial charge in [0.25, 0.3) is 0 Å². The fourth-order valence-corrected chi connectivity index (χ4v) is 13.4. The quantitative estimate of drug-likeness (QED) is 0.165. The standard InChI is InChI=1S/C60H57BN3O/c1-38-33-46-47(58(4,5)32-31-57(46,2)3)37-50(38)62-51-36-42(63-49-25-15-14-24-45(49)59(6)29-16-17-30-60(59,63)7)27-28-48(51)61-54-44(34-41(35-52(54)62)39-19-10-8-11-20-39)43-23-18-26-53-55(43)64(61)56(65-53)40-21-12-9-13-22-40/h8-15,18-28,33-37H,16-17,29-32H2,1-7H3/q+1. The molecule has 5 heteroatoms. The van der Waals surface area contributed by atoms with Crippen molar-refractivity contribution in [1.29, 1.82) is 0 Å². The maximum atomic E-state index is 7.06. The number of fused-ring (bicyclic) bond motifs is 8. The lowest BCUT2D eigenvalue weighted by Gasteiger charge is -2.50. The van der Waals surface area contributed by atoms with Crippen LogP contribution in [0.1, 0.15) is 102 Å². The molecule has 0 N–H and O–H groups in total. The zero-order chi connectivity index (χ0) is 44.2. The van der Waals surface area contributed by atoms with E-state index in [1.54, 1.807) is 0 Å². The molecule has 0 radical (unpaired) electrons. The van der Waals surface area contributed by atoms with E-state index in [2.05, 4.69) is 208 Å². The van der Waals surface area contributed by atoms with Gasteiger partial charge in [0.1, 0.15) is 0 Å². The summed E-state index contributed by atoms with van der Waals surface area (Å²) in [5, 5.41) is 0. The third-order valence-electron chi connectivity index (χ3n) is 17.2. The first-order valence-corrected chi connectivity index (χ1v) is 24.1. The maximum Gasteiger partial charge on any atom is 0.567 e. The molecule has 2 atom stereocenters. The fourth-order valence-electron chi connectivity index (χ4n) is 13.4. The van der Waals surface area contributed by atoms with Crippen LogP contribution in [0.5, 0.6) is 0 Å². The first-order chi connectivity index (χ1) is 31.4. The van der Waals surface area contributed by atoms with Gasteiger partial charge in [0.05, 0.1) is 22.4 Å². The van der Waals surface area contributed by atoms with E-state index in [0.717, 1.165) is 35.4 Å². The third-order valence-corrected chi connectivity index (χ3v) is 17.2. The van der Waals surface area contributed by atoms with Crippen molar-refractivity contribution in [3.05, 3.63) is 168 Å². The Labute approximate surface area is 384 Å². The molecule has 13 rings (SSSR count). The predicted octanol–water partition coefficient (Wildman–Crippen LogP) is 13.9. The van der Waals surface area contributed by atoms with Crippen LogP contribution in [-0.2, 0) is 16.2 Å². The van der Waals surface area contributed by atoms with Gasteiger partial charge in [-0.05, 0) is 150 Å². The molecule has 1 saturated carbocycles. The van der Waals surface area contributed by atoms with E-state index >= 15 is 0 Å². The van der Waals surface area contributed by atoms with Gasteiger partial charge in [0.2, 0.25) is 11.1 Å². The van der Waals surface area contributed by atoms with Gasteiger partial charge in [-0.2, -0.15) is 0 Å². The highest BCUT2D eigenvalue weighted by Gasteiger charge is 2.58. The molecule has 320 valence electrons. The second kappa shape index (κ2) is 13.4. The van der Waals surface area contributed by atoms with Gasteiger partial charge in [0, 0.05) is 39.1 Å². The Morgan fingerprint density at radius 3 is 2.00 bits per heavy atom. The maximum absolute atomic E-state index is 7.06. The minimum Gasteiger partial charge on any atom is -0.399 e. The van der Waals surface area contributed by atoms with Gasteiger partial charge >= 0.3 is 12.7 Å². The number of anilines is 5. The number of hydrogen-bond acceptors (Lipinski definition) is 3. The van der Waals surface area contributed by atoms with Gasteiger partial charge in [0.15, 0.2) is 0 Å². The summed E-state index contributed by atoms with van der Waals surface area (Å²) in [6.07, 6.45) is 7.21. The minimum absolute atomic E-state index is 0.0443. The van der Waals surface area contributed by atoms with E-state index in [1.165, 1.54) is 110 Å². The average Bonchev–Trinajstić information content (AvgIpc) is 3.80. The number of para-hydroxylation sites is 2. The number of aromatic nitrogens is 1. The number of oxazole rings is 1. The lowest BCUT2D eigenvalue weighted by Crippen LogP contribution is -2.70. The molecule has 8 aromatic rings. The third kappa shape index (κ3) is 5.24. The highest BCUT2D eigenvalue weighted by atomic mass is 16.4. The molecule has 1 fully saturated rings. The molecule has 3 aliphatic heterocycles. The van der Waals surface area contributed by atoms with Crippen molar-refractivity contribution in [3.63, 3.8) is 0 Å². The van der Waals surface area contributed by atoms with E-state index < -0.39 is 0 Å². The molecule has 4 heterocycles. The van der Waals surface area contributed by atoms with Crippen molar-refractivity contribution < 1.29 is 8.90 Å². The zero-order valence-electron chi connectivity index (χ0n) is 38.9. The molecular formula is C60H57BN3O+. The van der Waals surface area contributed by atoms with Crippen molar-refractivity contribution in [2.45, 2.75) is 109 Å². The molecule has 5 aliphatic rings. The summed E-state index contributed by atoms with van der Waals surface area (Å²) < 4.78 is 9.60. The summed E-state index contributed by atoms with van der Waals surface area (Å²) in [7, 11) is 0. The minimum atomic E-state index is -0.133. The van der Waals surface area contributed by atoms with Crippen LogP contribution in [0.3, 0.4) is 0 Å². The number of aryl methyl sites for hydroxylation is 1. The van der Waals surface area contributed by atoms with Crippen LogP contribution in [0.15, 0.2) is 150 Å². The van der Waals surface area contributed by atoms with Crippen LogP contribution < -0.4 is 25.2 Å². The molecule has 2 aliphatic carbocycles. The number of benzene rings is 7. The second-order valence-electron chi connectivity index (χ2n) is 21.7. The Bertz CT molecular complexity index is 3290. The topological polar surface area (TPSA) is 23.5 Å². The van der Waals surface area contributed by atoms with Crippen LogP contribution in [0, 0.1) is 6.92 Å². The Morgan fingerprint density at radius 1 is 0.538 bits per heavy atom. The second-order valence-corrected chi connectivity index (χ2v) is 21.7. The van der Waals surface area contributed by atoms with Crippen molar-refractivity contribution >= 4 is 57.3 Å². The van der Waals surface area contributed by atoms with Gasteiger partial charge in [-0.15, -0.1) is 0 Å². The summed E-state index contributed by atoms with van der Waals surface area (Å²) in [5.74, 6) is 0.887. The van der Waals surface area contributed by atoms with E-state index in [-0.39, 0.29) is 28.6 Å². The van der Waals surface area contributed by atoms with Crippen molar-refractivity contribution in [1.82, 2.24) is 0 Å². The lowest BCUT2D eigenvalue weighted by molar-refractivity contribution is -0.495. The summed E-state index contributed by atoms with van der Waals surface area (Å²) >= 11 is 0. The molecule has 65 heavy (non-hydrogen) atoms. The van der Waals surface area contributed by atoms with E-state index in [9.17, 15) is 0 Å². The number of nitrogens with zero attached hydrogens (tertiary/aromatic N) is 3.